The van der Waals surface area contributed by atoms with Gasteiger partial charge in [-0.15, -0.1) is 0 Å². The van der Waals surface area contributed by atoms with E-state index in [9.17, 15) is 14.4 Å². The van der Waals surface area contributed by atoms with Gasteiger partial charge in [0.25, 0.3) is 0 Å². The quantitative estimate of drug-likeness (QED) is 0.247. The van der Waals surface area contributed by atoms with Crippen LogP contribution in [0.15, 0.2) is 0 Å². The zero-order chi connectivity index (χ0) is 11.8. The summed E-state index contributed by atoms with van der Waals surface area (Å²) in [6.45, 7) is 0.590. The van der Waals surface area contributed by atoms with Crippen molar-refractivity contribution in [3.05, 3.63) is 5.53 Å². The molecule has 0 fully saturated rings. The first-order valence-electron chi connectivity index (χ1n) is 3.81. The van der Waals surface area contributed by atoms with Crippen LogP contribution in [-0.2, 0) is 19.1 Å². The highest BCUT2D eigenvalue weighted by Crippen LogP contribution is 1.87. The van der Waals surface area contributed by atoms with Crippen molar-refractivity contribution in [2.24, 2.45) is 0 Å². The van der Waals surface area contributed by atoms with Gasteiger partial charge in [-0.2, -0.15) is 4.79 Å². The Hall–Kier alpha value is -2.21. The van der Waals surface area contributed by atoms with Crippen molar-refractivity contribution in [3.63, 3.8) is 0 Å². The Morgan fingerprint density at radius 2 is 2.20 bits per heavy atom. The Balaban J connectivity index is 4.18. The van der Waals surface area contributed by atoms with Gasteiger partial charge in [-0.05, 0) is 0 Å². The summed E-state index contributed by atoms with van der Waals surface area (Å²) in [5.74, 6) is -2.90. The van der Waals surface area contributed by atoms with E-state index in [0.717, 1.165) is 6.92 Å². The van der Waals surface area contributed by atoms with Gasteiger partial charge < -0.3 is 20.7 Å². The highest BCUT2D eigenvalue weighted by molar-refractivity contribution is 6.20. The summed E-state index contributed by atoms with van der Waals surface area (Å²) >= 11 is 0. The van der Waals surface area contributed by atoms with E-state index in [2.05, 4.69) is 14.8 Å². The van der Waals surface area contributed by atoms with Crippen LogP contribution in [0.4, 0.5) is 0 Å². The lowest BCUT2D eigenvalue weighted by Gasteiger charge is -2.11. The van der Waals surface area contributed by atoms with Crippen molar-refractivity contribution < 1.29 is 29.0 Å². The number of aliphatic carboxylic acids is 1. The standard InChI is InChI=1S/C7H9N3O5/c1-4(11)10-5(7(13)14)3-15-6(12)2-9-8/h2,5H,3H2,1H3,(H,10,11)(H,13,14)/t5-/m0/s1. The molecule has 1 atom stereocenters. The van der Waals surface area contributed by atoms with Crippen LogP contribution < -0.4 is 5.32 Å². The van der Waals surface area contributed by atoms with Crippen molar-refractivity contribution in [3.8, 4) is 0 Å². The van der Waals surface area contributed by atoms with E-state index in [4.69, 9.17) is 10.6 Å². The van der Waals surface area contributed by atoms with E-state index in [1.165, 1.54) is 0 Å². The minimum Gasteiger partial charge on any atom is -0.480 e. The third kappa shape index (κ3) is 5.94. The molecule has 1 amide bonds. The first-order valence-corrected chi connectivity index (χ1v) is 3.81. The summed E-state index contributed by atoms with van der Waals surface area (Å²) in [4.78, 5) is 34.1. The Bertz CT molecular complexity index is 321. The zero-order valence-corrected chi connectivity index (χ0v) is 7.84. The maximum Gasteiger partial charge on any atom is 0.413 e. The highest BCUT2D eigenvalue weighted by Gasteiger charge is 2.20. The van der Waals surface area contributed by atoms with Gasteiger partial charge in [-0.3, -0.25) is 4.79 Å². The van der Waals surface area contributed by atoms with E-state index in [1.54, 1.807) is 0 Å². The van der Waals surface area contributed by atoms with E-state index < -0.39 is 30.5 Å². The minimum absolute atomic E-state index is 0.465. The normalized spacial score (nSPS) is 10.7. The molecule has 0 aromatic heterocycles. The monoisotopic (exact) mass is 215 g/mol. The predicted molar refractivity (Wildman–Crippen MR) is 45.9 cm³/mol. The number of esters is 1. The van der Waals surface area contributed by atoms with Gasteiger partial charge in [0, 0.05) is 6.92 Å². The molecule has 0 bridgehead atoms. The lowest BCUT2D eigenvalue weighted by atomic mass is 10.3. The topological polar surface area (TPSA) is 129 Å². The number of carboxylic acid groups (broad SMARTS) is 1. The third-order valence-corrected chi connectivity index (χ3v) is 1.23. The summed E-state index contributed by atoms with van der Waals surface area (Å²) in [7, 11) is 0. The van der Waals surface area contributed by atoms with Crippen LogP contribution in [0.5, 0.6) is 0 Å². The number of carbonyl (C=O) groups excluding carboxylic acids is 2. The second-order valence-electron chi connectivity index (χ2n) is 2.47. The second-order valence-corrected chi connectivity index (χ2v) is 2.47. The van der Waals surface area contributed by atoms with E-state index in [-0.39, 0.29) is 0 Å². The van der Waals surface area contributed by atoms with Crippen molar-refractivity contribution in [2.45, 2.75) is 13.0 Å². The third-order valence-electron chi connectivity index (χ3n) is 1.23. The number of nitrogens with zero attached hydrogens (tertiary/aromatic N) is 2. The second kappa shape index (κ2) is 6.28. The molecule has 0 heterocycles. The number of rotatable bonds is 5. The molecule has 0 unspecified atom stereocenters. The molecule has 8 heteroatoms. The molecular formula is C7H9N3O5. The largest absolute Gasteiger partial charge is 0.480 e. The average molecular weight is 215 g/mol. The van der Waals surface area contributed by atoms with Crippen LogP contribution in [0.25, 0.3) is 5.53 Å². The first kappa shape index (κ1) is 12.8. The number of carboxylic acids is 1. The summed E-state index contributed by atoms with van der Waals surface area (Å²) in [5, 5.41) is 10.6. The van der Waals surface area contributed by atoms with Crippen molar-refractivity contribution in [1.82, 2.24) is 5.32 Å². The molecular weight excluding hydrogens is 206 g/mol. The maximum absolute atomic E-state index is 10.6. The molecule has 82 valence electrons. The van der Waals surface area contributed by atoms with Crippen LogP contribution in [0.1, 0.15) is 6.92 Å². The molecule has 0 aliphatic heterocycles. The number of nitrogens with one attached hydrogen (secondary N) is 1. The van der Waals surface area contributed by atoms with E-state index in [1.807, 2.05) is 0 Å². The van der Waals surface area contributed by atoms with E-state index >= 15 is 0 Å². The Morgan fingerprint density at radius 1 is 1.60 bits per heavy atom. The molecule has 15 heavy (non-hydrogen) atoms. The lowest BCUT2D eigenvalue weighted by Crippen LogP contribution is -2.43. The van der Waals surface area contributed by atoms with Crippen LogP contribution in [-0.4, -0.2) is 46.6 Å². The minimum atomic E-state index is -1.33. The van der Waals surface area contributed by atoms with Crippen molar-refractivity contribution in [1.29, 1.82) is 0 Å². The highest BCUT2D eigenvalue weighted by atomic mass is 16.5. The van der Waals surface area contributed by atoms with Gasteiger partial charge in [0.15, 0.2) is 6.04 Å². The van der Waals surface area contributed by atoms with Crippen molar-refractivity contribution in [2.75, 3.05) is 6.61 Å². The summed E-state index contributed by atoms with van der Waals surface area (Å²) < 4.78 is 4.36. The molecule has 0 rings (SSSR count). The van der Waals surface area contributed by atoms with Crippen LogP contribution in [0.3, 0.4) is 0 Å². The van der Waals surface area contributed by atoms with Crippen LogP contribution in [0.2, 0.25) is 0 Å². The smallest absolute Gasteiger partial charge is 0.413 e. The Morgan fingerprint density at radius 3 is 2.60 bits per heavy atom. The summed E-state index contributed by atoms with van der Waals surface area (Å²) in [6.07, 6.45) is 0.465. The molecule has 0 saturated carbocycles. The molecule has 2 N–H and O–H groups in total. The van der Waals surface area contributed by atoms with Crippen LogP contribution in [0, 0.1) is 0 Å². The number of hydrogen-bond acceptors (Lipinski definition) is 4. The molecule has 0 aromatic carbocycles. The number of carbonyl (C=O) groups is 3. The predicted octanol–water partition coefficient (Wildman–Crippen LogP) is -1.58. The van der Waals surface area contributed by atoms with Crippen LogP contribution >= 0.6 is 0 Å². The van der Waals surface area contributed by atoms with Gasteiger partial charge in [0.2, 0.25) is 5.91 Å². The molecule has 0 aromatic rings. The summed E-state index contributed by atoms with van der Waals surface area (Å²) in [6, 6.07) is -1.32. The Labute approximate surface area is 84.5 Å². The molecule has 8 nitrogen and oxygen atoms in total. The molecule has 0 spiro atoms. The van der Waals surface area contributed by atoms with Gasteiger partial charge in [0.1, 0.15) is 6.61 Å². The maximum atomic E-state index is 10.6. The number of ether oxygens (including phenoxy) is 1. The van der Waals surface area contributed by atoms with E-state index in [0.29, 0.717) is 6.21 Å². The summed E-state index contributed by atoms with van der Waals surface area (Å²) in [5.41, 5.74) is 7.94. The molecule has 0 aliphatic rings. The lowest BCUT2D eigenvalue weighted by molar-refractivity contribution is -0.147. The number of amides is 1. The fraction of sp³-hybridized carbons (Fsp3) is 0.429. The first-order chi connectivity index (χ1) is 6.97. The molecule has 0 aliphatic carbocycles. The van der Waals surface area contributed by atoms with Gasteiger partial charge >= 0.3 is 18.2 Å². The number of hydrogen-bond donors (Lipinski definition) is 2. The molecule has 0 saturated heterocycles. The fourth-order valence-electron chi connectivity index (χ4n) is 0.670. The average Bonchev–Trinajstić information content (AvgIpc) is 2.11. The van der Waals surface area contributed by atoms with Gasteiger partial charge in [0.05, 0.1) is 0 Å². The fourth-order valence-corrected chi connectivity index (χ4v) is 0.670. The zero-order valence-electron chi connectivity index (χ0n) is 7.84. The Kier molecular flexibility index (Phi) is 5.35. The van der Waals surface area contributed by atoms with Crippen molar-refractivity contribution >= 4 is 24.1 Å². The van der Waals surface area contributed by atoms with Gasteiger partial charge in [-0.1, -0.05) is 0 Å². The molecule has 0 radical (unpaired) electrons. The SMILES string of the molecule is CC(=O)N[C@@H](COC(=O)C=[N+]=[N-])C(=O)O. The van der Waals surface area contributed by atoms with Gasteiger partial charge in [-0.25, -0.2) is 9.59 Å².